The van der Waals surface area contributed by atoms with Crippen LogP contribution in [0.25, 0.3) is 15.9 Å². The lowest BCUT2D eigenvalue weighted by atomic mass is 10.1. The van der Waals surface area contributed by atoms with E-state index in [1.54, 1.807) is 21.0 Å². The quantitative estimate of drug-likeness (QED) is 0.287. The summed E-state index contributed by atoms with van der Waals surface area (Å²) in [5.74, 6) is 0. The zero-order valence-electron chi connectivity index (χ0n) is 16.4. The van der Waals surface area contributed by atoms with Gasteiger partial charge in [0.1, 0.15) is 0 Å². The monoisotopic (exact) mass is 418 g/mol. The van der Waals surface area contributed by atoms with E-state index in [1.165, 1.54) is 22.0 Å². The highest BCUT2D eigenvalue weighted by molar-refractivity contribution is 8.10. The van der Waals surface area contributed by atoms with E-state index in [1.807, 2.05) is 0 Å². The smallest absolute Gasteiger partial charge is 0.00447 e. The van der Waals surface area contributed by atoms with Crippen LogP contribution in [0.1, 0.15) is 16.7 Å². The van der Waals surface area contributed by atoms with Gasteiger partial charge in [0.25, 0.3) is 0 Å². The van der Waals surface area contributed by atoms with Gasteiger partial charge in [0.15, 0.2) is 0 Å². The van der Waals surface area contributed by atoms with E-state index in [4.69, 9.17) is 0 Å². The van der Waals surface area contributed by atoms with E-state index in [0.717, 1.165) is 0 Å². The maximum atomic E-state index is 2.31. The topological polar surface area (TPSA) is 0 Å². The van der Waals surface area contributed by atoms with Crippen molar-refractivity contribution in [3.05, 3.63) is 143 Å². The van der Waals surface area contributed by atoms with Crippen molar-refractivity contribution < 1.29 is 0 Å². The highest BCUT2D eigenvalue weighted by atomic mass is 31.2. The van der Waals surface area contributed by atoms with Crippen molar-refractivity contribution in [2.45, 2.75) is 0 Å². The van der Waals surface area contributed by atoms with E-state index in [9.17, 15) is 0 Å². The van der Waals surface area contributed by atoms with Crippen molar-refractivity contribution in [3.8, 4) is 0 Å². The Labute approximate surface area is 180 Å². The van der Waals surface area contributed by atoms with Gasteiger partial charge in [-0.05, 0) is 37.8 Å². The minimum Gasteiger partial charge on any atom is -0.0622 e. The number of hydrogen-bond acceptors (Lipinski definition) is 0. The molecule has 30 heavy (non-hydrogen) atoms. The van der Waals surface area contributed by atoms with Crippen LogP contribution in [0.4, 0.5) is 0 Å². The Morgan fingerprint density at radius 1 is 0.333 bits per heavy atom. The van der Waals surface area contributed by atoms with Crippen LogP contribution in [-0.4, -0.2) is 0 Å². The van der Waals surface area contributed by atoms with Crippen molar-refractivity contribution in [2.75, 3.05) is 0 Å². The molecule has 0 amide bonds. The Balaban J connectivity index is 1.47. The van der Waals surface area contributed by atoms with Crippen LogP contribution in [0.15, 0.2) is 126 Å². The molecule has 0 saturated carbocycles. The fraction of sp³-hybridized carbons (Fsp3) is 0. The van der Waals surface area contributed by atoms with Crippen molar-refractivity contribution in [3.63, 3.8) is 0 Å². The molecule has 0 aromatic heterocycles. The SMILES string of the molecule is c1ccc(C2=C(c3ccccc3)P2C2=C(c3ccccc3)P2c2ccccc2)cc1. The van der Waals surface area contributed by atoms with Crippen LogP contribution in [0.2, 0.25) is 0 Å². The van der Waals surface area contributed by atoms with Gasteiger partial charge in [0.2, 0.25) is 0 Å². The first kappa shape index (κ1) is 18.0. The molecule has 0 saturated heterocycles. The maximum Gasteiger partial charge on any atom is 0.00447 e. The third-order valence-corrected chi connectivity index (χ3v) is 11.4. The largest absolute Gasteiger partial charge is 0.0622 e. The molecule has 4 aromatic carbocycles. The second kappa shape index (κ2) is 7.48. The molecule has 2 heterocycles. The van der Waals surface area contributed by atoms with Gasteiger partial charge >= 0.3 is 0 Å². The molecular formula is C28H20P2. The van der Waals surface area contributed by atoms with Gasteiger partial charge < -0.3 is 0 Å². The Kier molecular flexibility index (Phi) is 4.49. The lowest BCUT2D eigenvalue weighted by Crippen LogP contribution is -1.91. The summed E-state index contributed by atoms with van der Waals surface area (Å²) in [4.78, 5) is 0. The van der Waals surface area contributed by atoms with E-state index >= 15 is 0 Å². The van der Waals surface area contributed by atoms with E-state index in [0.29, 0.717) is 0 Å². The molecule has 1 atom stereocenters. The molecule has 2 aliphatic heterocycles. The van der Waals surface area contributed by atoms with E-state index < -0.39 is 0 Å². The van der Waals surface area contributed by atoms with Crippen molar-refractivity contribution in [2.24, 2.45) is 0 Å². The van der Waals surface area contributed by atoms with Crippen molar-refractivity contribution in [1.29, 1.82) is 0 Å². The van der Waals surface area contributed by atoms with Gasteiger partial charge in [-0.25, -0.2) is 0 Å². The van der Waals surface area contributed by atoms with Crippen LogP contribution >= 0.6 is 15.8 Å². The van der Waals surface area contributed by atoms with Gasteiger partial charge in [-0.1, -0.05) is 121 Å². The first-order valence-corrected chi connectivity index (χ1v) is 12.9. The van der Waals surface area contributed by atoms with Crippen LogP contribution in [-0.2, 0) is 0 Å². The predicted octanol–water partition coefficient (Wildman–Crippen LogP) is 8.16. The zero-order valence-corrected chi connectivity index (χ0v) is 18.2. The van der Waals surface area contributed by atoms with E-state index in [-0.39, 0.29) is 15.8 Å². The lowest BCUT2D eigenvalue weighted by Gasteiger charge is -2.04. The van der Waals surface area contributed by atoms with Gasteiger partial charge in [0, 0.05) is 21.0 Å². The van der Waals surface area contributed by atoms with Crippen LogP contribution in [0, 0.1) is 0 Å². The molecule has 2 heteroatoms. The normalized spacial score (nSPS) is 17.9. The summed E-state index contributed by atoms with van der Waals surface area (Å²) in [6.45, 7) is 0. The fourth-order valence-corrected chi connectivity index (χ4v) is 10.9. The lowest BCUT2D eigenvalue weighted by molar-refractivity contribution is 1.65. The Morgan fingerprint density at radius 3 is 1.13 bits per heavy atom. The Morgan fingerprint density at radius 2 is 0.700 bits per heavy atom. The summed E-state index contributed by atoms with van der Waals surface area (Å²) in [6.07, 6.45) is 0. The van der Waals surface area contributed by atoms with Gasteiger partial charge in [-0.2, -0.15) is 0 Å². The third kappa shape index (κ3) is 3.09. The summed E-state index contributed by atoms with van der Waals surface area (Å²) in [6, 6.07) is 44.1. The van der Waals surface area contributed by atoms with Crippen LogP contribution in [0.5, 0.6) is 0 Å². The first-order valence-electron chi connectivity index (χ1n) is 10.2. The number of rotatable bonds is 5. The summed E-state index contributed by atoms with van der Waals surface area (Å²) < 4.78 is 0. The average Bonchev–Trinajstić information content (AvgIpc) is 3.73. The Hall–Kier alpha value is -2.78. The molecule has 0 bridgehead atoms. The molecule has 2 aliphatic rings. The molecule has 0 N–H and O–H groups in total. The molecule has 0 fully saturated rings. The zero-order chi connectivity index (χ0) is 19.9. The molecule has 1 unspecified atom stereocenters. The minimum absolute atomic E-state index is 0.339. The second-order valence-corrected chi connectivity index (χ2v) is 11.9. The summed E-state index contributed by atoms with van der Waals surface area (Å²) in [7, 11) is -0.701. The minimum atomic E-state index is -0.362. The molecule has 6 rings (SSSR count). The van der Waals surface area contributed by atoms with Gasteiger partial charge in [0.05, 0.1) is 0 Å². The van der Waals surface area contributed by atoms with E-state index in [2.05, 4.69) is 121 Å². The molecule has 0 radical (unpaired) electrons. The van der Waals surface area contributed by atoms with Gasteiger partial charge in [-0.3, -0.25) is 0 Å². The second-order valence-electron chi connectivity index (χ2n) is 7.47. The third-order valence-electron chi connectivity index (χ3n) is 5.59. The average molecular weight is 418 g/mol. The summed E-state index contributed by atoms with van der Waals surface area (Å²) in [5, 5.41) is 7.93. The predicted molar refractivity (Wildman–Crippen MR) is 133 cm³/mol. The fourth-order valence-electron chi connectivity index (χ4n) is 4.14. The Bertz CT molecular complexity index is 1210. The van der Waals surface area contributed by atoms with Gasteiger partial charge in [-0.15, -0.1) is 0 Å². The number of benzene rings is 4. The standard InChI is InChI=1S/C28H20P2/c1-5-13-21(14-6-1)25-26(22-15-7-2-8-16-22)30(25)28-27(23-17-9-3-10-18-23)29(28)24-19-11-4-12-20-24/h1-20H. The molecule has 4 aromatic rings. The highest BCUT2D eigenvalue weighted by Crippen LogP contribution is 2.96. The first-order chi connectivity index (χ1) is 14.9. The molecule has 0 nitrogen and oxygen atoms in total. The molecule has 0 aliphatic carbocycles. The molecular weight excluding hydrogens is 398 g/mol. The van der Waals surface area contributed by atoms with Crippen molar-refractivity contribution >= 4 is 37.1 Å². The van der Waals surface area contributed by atoms with Crippen LogP contribution in [0.3, 0.4) is 0 Å². The maximum absolute atomic E-state index is 2.31. The highest BCUT2D eigenvalue weighted by Gasteiger charge is 2.52. The molecule has 0 spiro atoms. The van der Waals surface area contributed by atoms with Crippen LogP contribution < -0.4 is 5.30 Å². The number of hydrogen-bond donors (Lipinski definition) is 0. The van der Waals surface area contributed by atoms with Crippen molar-refractivity contribution in [1.82, 2.24) is 0 Å². The molecule has 142 valence electrons. The summed E-state index contributed by atoms with van der Waals surface area (Å²) >= 11 is 0. The summed E-state index contributed by atoms with van der Waals surface area (Å²) in [5.41, 5.74) is 4.17.